The number of alkyl halides is 1. The van der Waals surface area contributed by atoms with E-state index >= 15 is 0 Å². The van der Waals surface area contributed by atoms with Crippen molar-refractivity contribution in [3.8, 4) is 0 Å². The second kappa shape index (κ2) is 5.43. The Morgan fingerprint density at radius 3 is 2.32 bits per heavy atom. The molecule has 0 aliphatic carbocycles. The predicted molar refractivity (Wildman–Crippen MR) is 58.3 cm³/mol. The molecular formula is C10H6ClF4N3O. The molecule has 0 atom stereocenters. The highest BCUT2D eigenvalue weighted by Crippen LogP contribution is 2.26. The molecule has 0 saturated carbocycles. The summed E-state index contributed by atoms with van der Waals surface area (Å²) >= 11 is 5.43. The molecule has 0 spiro atoms. The van der Waals surface area contributed by atoms with Crippen molar-refractivity contribution < 1.29 is 22.0 Å². The first kappa shape index (κ1) is 13.6. The van der Waals surface area contributed by atoms with E-state index in [0.29, 0.717) is 0 Å². The zero-order valence-electron chi connectivity index (χ0n) is 9.18. The van der Waals surface area contributed by atoms with Crippen molar-refractivity contribution in [2.75, 3.05) is 11.2 Å². The maximum absolute atomic E-state index is 13.3. The Morgan fingerprint density at radius 2 is 1.74 bits per heavy atom. The van der Waals surface area contributed by atoms with Gasteiger partial charge in [0.05, 0.1) is 0 Å². The molecule has 19 heavy (non-hydrogen) atoms. The minimum Gasteiger partial charge on any atom is -0.408 e. The fraction of sp³-hybridized carbons (Fsp3) is 0.200. The van der Waals surface area contributed by atoms with Crippen LogP contribution in [0.3, 0.4) is 0 Å². The zero-order valence-corrected chi connectivity index (χ0v) is 9.94. The van der Waals surface area contributed by atoms with Gasteiger partial charge in [0.15, 0.2) is 23.3 Å². The lowest BCUT2D eigenvalue weighted by Gasteiger charge is -2.06. The summed E-state index contributed by atoms with van der Waals surface area (Å²) in [4.78, 5) is 0. The van der Waals surface area contributed by atoms with Gasteiger partial charge in [-0.3, -0.25) is 0 Å². The van der Waals surface area contributed by atoms with Gasteiger partial charge in [0.1, 0.15) is 5.69 Å². The second-order valence-corrected chi connectivity index (χ2v) is 3.79. The number of aromatic nitrogens is 2. The van der Waals surface area contributed by atoms with Gasteiger partial charge in [0.2, 0.25) is 5.89 Å². The molecule has 102 valence electrons. The minimum absolute atomic E-state index is 0.0998. The Labute approximate surface area is 109 Å². The van der Waals surface area contributed by atoms with Crippen LogP contribution in [0.2, 0.25) is 0 Å². The molecule has 0 radical (unpaired) electrons. The van der Waals surface area contributed by atoms with Gasteiger partial charge in [-0.2, -0.15) is 0 Å². The van der Waals surface area contributed by atoms with Gasteiger partial charge in [-0.05, 0) is 0 Å². The molecule has 1 heterocycles. The quantitative estimate of drug-likeness (QED) is 0.535. The van der Waals surface area contributed by atoms with E-state index < -0.39 is 35.0 Å². The molecule has 0 unspecified atom stereocenters. The van der Waals surface area contributed by atoms with Gasteiger partial charge in [-0.25, -0.2) is 17.6 Å². The molecule has 0 amide bonds. The molecule has 0 aliphatic rings. The molecule has 1 aromatic heterocycles. The van der Waals surface area contributed by atoms with Gasteiger partial charge in [-0.15, -0.1) is 16.7 Å². The van der Waals surface area contributed by atoms with Gasteiger partial charge < -0.3 is 9.73 Å². The average Bonchev–Trinajstić information content (AvgIpc) is 2.80. The Kier molecular flexibility index (Phi) is 3.89. The summed E-state index contributed by atoms with van der Waals surface area (Å²) in [5, 5.41) is 8.90. The standard InChI is InChI=1S/C10H6ClF4N3O/c11-2-1-6-17-18-10(19-6)16-9-7(14)4(12)3-5(13)8(9)15/h3H,1-2H2,(H,16,18). The Morgan fingerprint density at radius 1 is 1.11 bits per heavy atom. The number of hydrogen-bond donors (Lipinski definition) is 1. The van der Waals surface area contributed by atoms with Crippen molar-refractivity contribution in [1.29, 1.82) is 0 Å². The van der Waals surface area contributed by atoms with E-state index in [2.05, 4.69) is 10.2 Å². The van der Waals surface area contributed by atoms with E-state index in [1.54, 1.807) is 0 Å². The number of nitrogens with zero attached hydrogens (tertiary/aromatic N) is 2. The summed E-state index contributed by atoms with van der Waals surface area (Å²) in [5.41, 5.74) is -1.04. The molecule has 0 aliphatic heterocycles. The van der Waals surface area contributed by atoms with Crippen molar-refractivity contribution in [2.45, 2.75) is 6.42 Å². The fourth-order valence-electron chi connectivity index (χ4n) is 1.28. The molecule has 1 N–H and O–H groups in total. The van der Waals surface area contributed by atoms with Crippen molar-refractivity contribution in [2.24, 2.45) is 0 Å². The van der Waals surface area contributed by atoms with Gasteiger partial charge in [0.25, 0.3) is 0 Å². The molecule has 0 saturated heterocycles. The van der Waals surface area contributed by atoms with Crippen molar-refractivity contribution in [1.82, 2.24) is 10.2 Å². The van der Waals surface area contributed by atoms with Crippen LogP contribution in [0.15, 0.2) is 10.5 Å². The number of halogens is 5. The number of aryl methyl sites for hydroxylation is 1. The van der Waals surface area contributed by atoms with Crippen LogP contribution < -0.4 is 5.32 Å². The SMILES string of the molecule is Fc1cc(F)c(F)c(Nc2nnc(CCCl)o2)c1F. The van der Waals surface area contributed by atoms with E-state index in [-0.39, 0.29) is 24.3 Å². The second-order valence-electron chi connectivity index (χ2n) is 3.41. The highest BCUT2D eigenvalue weighted by molar-refractivity contribution is 6.17. The molecule has 2 rings (SSSR count). The molecule has 4 nitrogen and oxygen atoms in total. The van der Waals surface area contributed by atoms with Gasteiger partial charge >= 0.3 is 6.01 Å². The van der Waals surface area contributed by atoms with Crippen LogP contribution >= 0.6 is 11.6 Å². The zero-order chi connectivity index (χ0) is 14.0. The van der Waals surface area contributed by atoms with E-state index in [9.17, 15) is 17.6 Å². The first-order valence-electron chi connectivity index (χ1n) is 5.01. The third kappa shape index (κ3) is 2.78. The van der Waals surface area contributed by atoms with Gasteiger partial charge in [-0.1, -0.05) is 5.10 Å². The number of anilines is 2. The smallest absolute Gasteiger partial charge is 0.320 e. The molecule has 1 aromatic carbocycles. The van der Waals surface area contributed by atoms with Crippen LogP contribution in [0.5, 0.6) is 0 Å². The minimum atomic E-state index is -1.59. The summed E-state index contributed by atoms with van der Waals surface area (Å²) in [7, 11) is 0. The van der Waals surface area contributed by atoms with Crippen LogP contribution in [-0.4, -0.2) is 16.1 Å². The monoisotopic (exact) mass is 295 g/mol. The van der Waals surface area contributed by atoms with Crippen molar-refractivity contribution >= 4 is 23.3 Å². The summed E-state index contributed by atoms with van der Waals surface area (Å²) in [5.74, 6) is -5.93. The molecule has 2 aromatic rings. The maximum atomic E-state index is 13.3. The lowest BCUT2D eigenvalue weighted by atomic mass is 10.2. The topological polar surface area (TPSA) is 51.0 Å². The predicted octanol–water partition coefficient (Wildman–Crippen LogP) is 3.15. The Bertz CT molecular complexity index is 578. The lowest BCUT2D eigenvalue weighted by molar-refractivity contribution is 0.457. The molecular weight excluding hydrogens is 290 g/mol. The van der Waals surface area contributed by atoms with Crippen LogP contribution in [0.4, 0.5) is 29.3 Å². The van der Waals surface area contributed by atoms with E-state index in [1.165, 1.54) is 0 Å². The van der Waals surface area contributed by atoms with Crippen LogP contribution in [0, 0.1) is 23.3 Å². The summed E-state index contributed by atoms with van der Waals surface area (Å²) in [6.07, 6.45) is 0.249. The van der Waals surface area contributed by atoms with E-state index in [0.717, 1.165) is 0 Å². The third-order valence-corrected chi connectivity index (χ3v) is 2.31. The number of hydrogen-bond acceptors (Lipinski definition) is 4. The Hall–Kier alpha value is -1.83. The number of benzene rings is 1. The van der Waals surface area contributed by atoms with E-state index in [1.807, 2.05) is 5.32 Å². The molecule has 0 fully saturated rings. The maximum Gasteiger partial charge on any atom is 0.320 e. The first-order valence-corrected chi connectivity index (χ1v) is 5.54. The largest absolute Gasteiger partial charge is 0.408 e. The normalized spacial score (nSPS) is 10.8. The highest BCUT2D eigenvalue weighted by atomic mass is 35.5. The average molecular weight is 296 g/mol. The van der Waals surface area contributed by atoms with Gasteiger partial charge in [0, 0.05) is 18.4 Å². The van der Waals surface area contributed by atoms with E-state index in [4.69, 9.17) is 16.0 Å². The number of rotatable bonds is 4. The van der Waals surface area contributed by atoms with Crippen LogP contribution in [-0.2, 0) is 6.42 Å². The summed E-state index contributed by atoms with van der Waals surface area (Å²) in [6, 6.07) is -0.300. The summed E-state index contributed by atoms with van der Waals surface area (Å²) < 4.78 is 57.5. The van der Waals surface area contributed by atoms with Crippen LogP contribution in [0.1, 0.15) is 5.89 Å². The fourth-order valence-corrected chi connectivity index (χ4v) is 1.44. The summed E-state index contributed by atoms with van der Waals surface area (Å²) in [6.45, 7) is 0. The lowest BCUT2D eigenvalue weighted by Crippen LogP contribution is -2.03. The molecule has 0 bridgehead atoms. The first-order chi connectivity index (χ1) is 9.02. The third-order valence-electron chi connectivity index (χ3n) is 2.12. The highest BCUT2D eigenvalue weighted by Gasteiger charge is 2.20. The van der Waals surface area contributed by atoms with Crippen LogP contribution in [0.25, 0.3) is 0 Å². The van der Waals surface area contributed by atoms with Crippen molar-refractivity contribution in [3.63, 3.8) is 0 Å². The van der Waals surface area contributed by atoms with Crippen molar-refractivity contribution in [3.05, 3.63) is 35.2 Å². The number of nitrogens with one attached hydrogen (secondary N) is 1. The Balaban J connectivity index is 2.32. The molecule has 9 heteroatoms.